The second-order valence-corrected chi connectivity index (χ2v) is 9.06. The van der Waals surface area contributed by atoms with Crippen molar-refractivity contribution in [3.63, 3.8) is 0 Å². The van der Waals surface area contributed by atoms with Gasteiger partial charge in [0.15, 0.2) is 0 Å². The van der Waals surface area contributed by atoms with E-state index in [1.165, 1.54) is 0 Å². The molecule has 4 rings (SSSR count). The van der Waals surface area contributed by atoms with Crippen LogP contribution in [0.2, 0.25) is 5.02 Å². The van der Waals surface area contributed by atoms with Crippen molar-refractivity contribution in [2.45, 2.75) is 37.6 Å². The van der Waals surface area contributed by atoms with Gasteiger partial charge in [-0.3, -0.25) is 14.9 Å². The van der Waals surface area contributed by atoms with E-state index in [9.17, 15) is 14.4 Å². The fourth-order valence-electron chi connectivity index (χ4n) is 4.86. The largest absolute Gasteiger partial charge is 0.497 e. The van der Waals surface area contributed by atoms with Crippen LogP contribution in [0.5, 0.6) is 5.75 Å². The Labute approximate surface area is 198 Å². The zero-order valence-corrected chi connectivity index (χ0v) is 19.4. The molecule has 2 aromatic carbocycles. The Morgan fingerprint density at radius 2 is 1.91 bits per heavy atom. The van der Waals surface area contributed by atoms with Gasteiger partial charge in [0.05, 0.1) is 7.11 Å². The fraction of sp³-hybridized carbons (Fsp3) is 0.400. The van der Waals surface area contributed by atoms with Crippen LogP contribution in [0.15, 0.2) is 48.5 Å². The van der Waals surface area contributed by atoms with Crippen molar-refractivity contribution < 1.29 is 19.1 Å². The number of carbonyl (C=O) groups is 3. The summed E-state index contributed by atoms with van der Waals surface area (Å²) >= 11 is 6.35. The molecular weight excluding hydrogens is 442 g/mol. The molecule has 0 saturated carbocycles. The van der Waals surface area contributed by atoms with Gasteiger partial charge in [-0.25, -0.2) is 4.79 Å². The molecule has 2 N–H and O–H groups in total. The summed E-state index contributed by atoms with van der Waals surface area (Å²) in [5, 5.41) is 5.86. The first-order valence-electron chi connectivity index (χ1n) is 11.2. The molecular formula is C25H28ClN3O4. The summed E-state index contributed by atoms with van der Waals surface area (Å²) in [5.74, 6) is 0.454. The van der Waals surface area contributed by atoms with Crippen LogP contribution in [-0.4, -0.2) is 48.5 Å². The molecule has 7 nitrogen and oxygen atoms in total. The summed E-state index contributed by atoms with van der Waals surface area (Å²) in [6.45, 7) is 1.10. The summed E-state index contributed by atoms with van der Waals surface area (Å²) in [5.41, 5.74) is 0.813. The lowest BCUT2D eigenvalue weighted by atomic mass is 9.74. The number of methoxy groups -OCH3 is 1. The summed E-state index contributed by atoms with van der Waals surface area (Å²) in [4.78, 5) is 39.7. The number of piperidine rings is 1. The molecule has 2 heterocycles. The van der Waals surface area contributed by atoms with Gasteiger partial charge < -0.3 is 15.0 Å². The Hall–Kier alpha value is -3.06. The molecule has 174 valence electrons. The zero-order chi connectivity index (χ0) is 23.4. The number of imide groups is 1. The summed E-state index contributed by atoms with van der Waals surface area (Å²) in [6, 6.07) is 14.6. The van der Waals surface area contributed by atoms with Crippen LogP contribution in [0, 0.1) is 5.92 Å². The second-order valence-electron chi connectivity index (χ2n) is 8.65. The molecule has 0 aliphatic carbocycles. The Kier molecular flexibility index (Phi) is 6.88. The molecule has 0 aromatic heterocycles. The topological polar surface area (TPSA) is 87.7 Å². The number of hydrogen-bond acceptors (Lipinski definition) is 4. The van der Waals surface area contributed by atoms with Crippen molar-refractivity contribution in [3.05, 3.63) is 64.7 Å². The molecule has 2 aliphatic heterocycles. The smallest absolute Gasteiger partial charge is 0.322 e. The minimum absolute atomic E-state index is 0.0938. The number of halogens is 1. The standard InChI is InChI=1S/C25H28ClN3O4/c1-33-20-7-4-5-17(15-20)9-10-22(30)29-13-11-19(12-14-29)25(23(31)27-24(32)28-25)16-18-6-2-3-8-21(18)26/h2-8,15,19H,9-14,16H2,1H3,(H2,27,28,31,32)/t25-/m0/s1. The number of urea groups is 1. The normalized spacial score (nSPS) is 21.0. The molecule has 2 aromatic rings. The van der Waals surface area contributed by atoms with Gasteiger partial charge in [0.2, 0.25) is 5.91 Å². The van der Waals surface area contributed by atoms with Gasteiger partial charge in [-0.1, -0.05) is 41.9 Å². The average Bonchev–Trinajstić information content (AvgIpc) is 3.12. The van der Waals surface area contributed by atoms with Crippen LogP contribution < -0.4 is 15.4 Å². The predicted octanol–water partition coefficient (Wildman–Crippen LogP) is 3.34. The van der Waals surface area contributed by atoms with E-state index in [0.29, 0.717) is 50.2 Å². The molecule has 1 atom stereocenters. The predicted molar refractivity (Wildman–Crippen MR) is 125 cm³/mol. The van der Waals surface area contributed by atoms with Crippen LogP contribution in [0.1, 0.15) is 30.4 Å². The van der Waals surface area contributed by atoms with Crippen LogP contribution in [-0.2, 0) is 22.4 Å². The number of likely N-dealkylation sites (tertiary alicyclic amines) is 1. The Morgan fingerprint density at radius 1 is 1.15 bits per heavy atom. The lowest BCUT2D eigenvalue weighted by molar-refractivity contribution is -0.133. The maximum absolute atomic E-state index is 12.9. The number of benzene rings is 2. The number of rotatable bonds is 7. The number of nitrogens with one attached hydrogen (secondary N) is 2. The molecule has 33 heavy (non-hydrogen) atoms. The number of amides is 4. The highest BCUT2D eigenvalue weighted by Crippen LogP contribution is 2.35. The zero-order valence-electron chi connectivity index (χ0n) is 18.6. The third-order valence-electron chi connectivity index (χ3n) is 6.70. The van der Waals surface area contributed by atoms with Gasteiger partial charge in [-0.05, 0) is 54.5 Å². The first-order valence-corrected chi connectivity index (χ1v) is 11.6. The van der Waals surface area contributed by atoms with E-state index >= 15 is 0 Å². The molecule has 0 unspecified atom stereocenters. The van der Waals surface area contributed by atoms with Crippen LogP contribution in [0.3, 0.4) is 0 Å². The SMILES string of the molecule is COc1cccc(CCC(=O)N2CCC([C@]3(Cc4ccccc4Cl)NC(=O)NC3=O)CC2)c1. The van der Waals surface area contributed by atoms with Gasteiger partial charge in [-0.15, -0.1) is 0 Å². The van der Waals surface area contributed by atoms with Crippen LogP contribution in [0.25, 0.3) is 0 Å². The van der Waals surface area contributed by atoms with E-state index in [0.717, 1.165) is 16.9 Å². The lowest BCUT2D eigenvalue weighted by Crippen LogP contribution is -2.58. The highest BCUT2D eigenvalue weighted by Gasteiger charge is 2.52. The maximum atomic E-state index is 12.9. The monoisotopic (exact) mass is 469 g/mol. The van der Waals surface area contributed by atoms with Gasteiger partial charge in [0.1, 0.15) is 11.3 Å². The highest BCUT2D eigenvalue weighted by atomic mass is 35.5. The van der Waals surface area contributed by atoms with Crippen molar-refractivity contribution in [1.29, 1.82) is 0 Å². The number of aryl methyl sites for hydroxylation is 1. The van der Waals surface area contributed by atoms with Crippen LogP contribution in [0.4, 0.5) is 4.79 Å². The molecule has 4 amide bonds. The van der Waals surface area contributed by atoms with E-state index in [2.05, 4.69) is 10.6 Å². The molecule has 2 fully saturated rings. The summed E-state index contributed by atoms with van der Waals surface area (Å²) < 4.78 is 5.25. The quantitative estimate of drug-likeness (QED) is 0.609. The number of hydrogen-bond donors (Lipinski definition) is 2. The summed E-state index contributed by atoms with van der Waals surface area (Å²) in [7, 11) is 1.62. The van der Waals surface area contributed by atoms with E-state index in [4.69, 9.17) is 16.3 Å². The van der Waals surface area contributed by atoms with E-state index in [1.54, 1.807) is 13.2 Å². The van der Waals surface area contributed by atoms with Crippen molar-refractivity contribution in [2.24, 2.45) is 5.92 Å². The van der Waals surface area contributed by atoms with Gasteiger partial charge in [0.25, 0.3) is 5.91 Å². The fourth-order valence-corrected chi connectivity index (χ4v) is 5.07. The third-order valence-corrected chi connectivity index (χ3v) is 7.07. The van der Waals surface area contributed by atoms with Gasteiger partial charge in [0, 0.05) is 31.0 Å². The Balaban J connectivity index is 1.40. The van der Waals surface area contributed by atoms with Crippen molar-refractivity contribution in [1.82, 2.24) is 15.5 Å². The number of carbonyl (C=O) groups excluding carboxylic acids is 3. The second kappa shape index (κ2) is 9.83. The third kappa shape index (κ3) is 4.98. The molecule has 0 spiro atoms. The van der Waals surface area contributed by atoms with E-state index < -0.39 is 11.6 Å². The average molecular weight is 470 g/mol. The first kappa shape index (κ1) is 23.1. The molecule has 0 bridgehead atoms. The lowest BCUT2D eigenvalue weighted by Gasteiger charge is -2.41. The van der Waals surface area contributed by atoms with Crippen LogP contribution >= 0.6 is 11.6 Å². The number of nitrogens with zero attached hydrogens (tertiary/aromatic N) is 1. The minimum Gasteiger partial charge on any atom is -0.497 e. The molecule has 0 radical (unpaired) electrons. The van der Waals surface area contributed by atoms with Crippen molar-refractivity contribution in [3.8, 4) is 5.75 Å². The first-order chi connectivity index (χ1) is 15.9. The summed E-state index contributed by atoms with van der Waals surface area (Å²) in [6.07, 6.45) is 2.63. The highest BCUT2D eigenvalue weighted by molar-refractivity contribution is 6.31. The molecule has 2 saturated heterocycles. The Morgan fingerprint density at radius 3 is 2.58 bits per heavy atom. The van der Waals surface area contributed by atoms with E-state index in [-0.39, 0.29) is 17.7 Å². The Bertz CT molecular complexity index is 1050. The van der Waals surface area contributed by atoms with E-state index in [1.807, 2.05) is 47.4 Å². The van der Waals surface area contributed by atoms with Gasteiger partial charge in [-0.2, -0.15) is 0 Å². The van der Waals surface area contributed by atoms with Crippen molar-refractivity contribution >= 4 is 29.4 Å². The molecule has 8 heteroatoms. The minimum atomic E-state index is -1.06. The molecule has 2 aliphatic rings. The van der Waals surface area contributed by atoms with Gasteiger partial charge >= 0.3 is 6.03 Å². The number of ether oxygens (including phenoxy) is 1. The van der Waals surface area contributed by atoms with Crippen molar-refractivity contribution in [2.75, 3.05) is 20.2 Å². The maximum Gasteiger partial charge on any atom is 0.322 e.